The van der Waals surface area contributed by atoms with Gasteiger partial charge in [0.15, 0.2) is 0 Å². The Balaban J connectivity index is 1.13. The van der Waals surface area contributed by atoms with Gasteiger partial charge in [-0.05, 0) is 75.6 Å². The molecule has 0 aliphatic heterocycles. The second-order valence-electron chi connectivity index (χ2n) is 16.3. The van der Waals surface area contributed by atoms with Crippen LogP contribution in [0.5, 0.6) is 0 Å². The molecular formula is C55H30N4. The van der Waals surface area contributed by atoms with Gasteiger partial charge in [0.2, 0.25) is 0 Å². The van der Waals surface area contributed by atoms with Gasteiger partial charge in [0.25, 0.3) is 0 Å². The molecule has 0 unspecified atom stereocenters. The first-order valence-corrected chi connectivity index (χ1v) is 20.4. The van der Waals surface area contributed by atoms with E-state index in [9.17, 15) is 0 Å². The fourth-order valence-electron chi connectivity index (χ4n) is 11.2. The fraction of sp³-hybridized carbons (Fsp3) is 0. The molecule has 0 amide bonds. The summed E-state index contributed by atoms with van der Waals surface area (Å²) in [6.07, 6.45) is 2.15. The summed E-state index contributed by atoms with van der Waals surface area (Å²) >= 11 is 0. The first-order valence-electron chi connectivity index (χ1n) is 20.4. The van der Waals surface area contributed by atoms with Crippen LogP contribution in [-0.4, -0.2) is 18.4 Å². The van der Waals surface area contributed by atoms with Gasteiger partial charge in [0, 0.05) is 65.1 Å². The number of fused-ring (bicyclic) bond motifs is 20. The van der Waals surface area contributed by atoms with E-state index in [0.29, 0.717) is 0 Å². The van der Waals surface area contributed by atoms with E-state index in [1.54, 1.807) is 0 Å². The first kappa shape index (κ1) is 30.2. The summed E-state index contributed by atoms with van der Waals surface area (Å²) in [6.45, 7) is 0. The maximum absolute atomic E-state index is 5.47. The average molecular weight is 747 g/mol. The summed E-state index contributed by atoms with van der Waals surface area (Å²) in [5.41, 5.74) is 13.1. The molecule has 6 heterocycles. The van der Waals surface area contributed by atoms with Crippen LogP contribution in [0.4, 0.5) is 0 Å². The van der Waals surface area contributed by atoms with Crippen molar-refractivity contribution in [2.45, 2.75) is 0 Å². The largest absolute Gasteiger partial charge is 0.309 e. The lowest BCUT2D eigenvalue weighted by molar-refractivity contribution is 1.18. The van der Waals surface area contributed by atoms with Crippen LogP contribution in [0.2, 0.25) is 0 Å². The molecule has 0 radical (unpaired) electrons. The van der Waals surface area contributed by atoms with Crippen LogP contribution in [0, 0.1) is 0 Å². The van der Waals surface area contributed by atoms with Crippen LogP contribution in [0.25, 0.3) is 136 Å². The minimum atomic E-state index is 1.01. The van der Waals surface area contributed by atoms with E-state index in [1.165, 1.54) is 125 Å². The molecule has 15 rings (SSSR count). The molecule has 59 heavy (non-hydrogen) atoms. The minimum Gasteiger partial charge on any atom is -0.309 e. The zero-order valence-corrected chi connectivity index (χ0v) is 31.6. The Hall–Kier alpha value is -7.95. The van der Waals surface area contributed by atoms with E-state index < -0.39 is 0 Å². The first-order chi connectivity index (χ1) is 29.3. The van der Waals surface area contributed by atoms with Crippen molar-refractivity contribution in [2.24, 2.45) is 0 Å². The van der Waals surface area contributed by atoms with Gasteiger partial charge < -0.3 is 8.97 Å². The Morgan fingerprint density at radius 1 is 0.339 bits per heavy atom. The average Bonchev–Trinajstić information content (AvgIpc) is 4.08. The molecule has 9 aromatic carbocycles. The molecule has 270 valence electrons. The van der Waals surface area contributed by atoms with Gasteiger partial charge in [-0.3, -0.25) is 4.40 Å². The molecule has 0 spiro atoms. The van der Waals surface area contributed by atoms with Gasteiger partial charge >= 0.3 is 0 Å². The number of nitrogens with zero attached hydrogens (tertiary/aromatic N) is 4. The molecule has 0 aliphatic carbocycles. The lowest BCUT2D eigenvalue weighted by Crippen LogP contribution is -1.93. The topological polar surface area (TPSA) is 26.6 Å². The zero-order chi connectivity index (χ0) is 38.1. The van der Waals surface area contributed by atoms with Gasteiger partial charge in [0.1, 0.15) is 5.65 Å². The van der Waals surface area contributed by atoms with E-state index in [1.807, 2.05) is 0 Å². The lowest BCUT2D eigenvalue weighted by Gasteiger charge is -2.09. The summed E-state index contributed by atoms with van der Waals surface area (Å²) in [4.78, 5) is 5.47. The van der Waals surface area contributed by atoms with Gasteiger partial charge in [-0.15, -0.1) is 0 Å². The quantitative estimate of drug-likeness (QED) is 0.173. The summed E-state index contributed by atoms with van der Waals surface area (Å²) in [5, 5.41) is 17.7. The van der Waals surface area contributed by atoms with Crippen LogP contribution >= 0.6 is 0 Å². The van der Waals surface area contributed by atoms with E-state index >= 15 is 0 Å². The Kier molecular flexibility index (Phi) is 5.38. The molecule has 0 N–H and O–H groups in total. The Bertz CT molecular complexity index is 4300. The van der Waals surface area contributed by atoms with Crippen molar-refractivity contribution < 1.29 is 0 Å². The molecule has 0 saturated heterocycles. The van der Waals surface area contributed by atoms with E-state index in [2.05, 4.69) is 195 Å². The van der Waals surface area contributed by atoms with Gasteiger partial charge in [-0.2, -0.15) is 0 Å². The van der Waals surface area contributed by atoms with Crippen molar-refractivity contribution in [1.29, 1.82) is 0 Å². The van der Waals surface area contributed by atoms with Crippen molar-refractivity contribution in [3.8, 4) is 16.8 Å². The SMILES string of the molecule is c1ccc(-n2c3ccccc3c3cc(-c4cccc5c6cc7ccccc7c7c8c9c%10cc%11ccccc%11c%11c%12ccccc%12n(c9ncc8n(c45)c67)c%10%11)ccc32)cc1. The molecule has 4 nitrogen and oxygen atoms in total. The molecule has 0 saturated carbocycles. The maximum Gasteiger partial charge on any atom is 0.146 e. The predicted octanol–water partition coefficient (Wildman–Crippen LogP) is 14.5. The van der Waals surface area contributed by atoms with Crippen molar-refractivity contribution in [2.75, 3.05) is 0 Å². The van der Waals surface area contributed by atoms with E-state index in [-0.39, 0.29) is 0 Å². The van der Waals surface area contributed by atoms with Crippen molar-refractivity contribution >= 4 is 120 Å². The van der Waals surface area contributed by atoms with Crippen molar-refractivity contribution in [1.82, 2.24) is 18.4 Å². The highest BCUT2D eigenvalue weighted by atomic mass is 15.0. The highest BCUT2D eigenvalue weighted by Crippen LogP contribution is 2.50. The van der Waals surface area contributed by atoms with E-state index in [4.69, 9.17) is 4.98 Å². The fourth-order valence-corrected chi connectivity index (χ4v) is 11.2. The number of aromatic nitrogens is 4. The van der Waals surface area contributed by atoms with Crippen LogP contribution in [0.1, 0.15) is 0 Å². The number of pyridine rings is 1. The third-order valence-corrected chi connectivity index (χ3v) is 13.5. The molecule has 4 heteroatoms. The molecular weight excluding hydrogens is 717 g/mol. The number of para-hydroxylation sites is 4. The Morgan fingerprint density at radius 3 is 1.81 bits per heavy atom. The number of rotatable bonds is 2. The number of benzene rings is 9. The van der Waals surface area contributed by atoms with Gasteiger partial charge in [-0.1, -0.05) is 127 Å². The lowest BCUT2D eigenvalue weighted by atomic mass is 9.96. The summed E-state index contributed by atoms with van der Waals surface area (Å²) < 4.78 is 7.37. The van der Waals surface area contributed by atoms with Crippen LogP contribution in [0.3, 0.4) is 0 Å². The summed E-state index contributed by atoms with van der Waals surface area (Å²) in [6, 6.07) is 64.9. The van der Waals surface area contributed by atoms with Crippen molar-refractivity contribution in [3.63, 3.8) is 0 Å². The summed E-state index contributed by atoms with van der Waals surface area (Å²) in [5.74, 6) is 0. The Morgan fingerprint density at radius 2 is 0.983 bits per heavy atom. The molecule has 0 bridgehead atoms. The molecule has 6 aromatic heterocycles. The Labute approximate surface area is 335 Å². The predicted molar refractivity (Wildman–Crippen MR) is 248 cm³/mol. The molecule has 0 aliphatic rings. The summed E-state index contributed by atoms with van der Waals surface area (Å²) in [7, 11) is 0. The number of hydrogen-bond acceptors (Lipinski definition) is 1. The highest BCUT2D eigenvalue weighted by Gasteiger charge is 2.28. The van der Waals surface area contributed by atoms with Crippen LogP contribution < -0.4 is 0 Å². The van der Waals surface area contributed by atoms with Crippen LogP contribution in [-0.2, 0) is 0 Å². The highest BCUT2D eigenvalue weighted by molar-refractivity contribution is 6.41. The van der Waals surface area contributed by atoms with Crippen LogP contribution in [0.15, 0.2) is 182 Å². The second kappa shape index (κ2) is 10.5. The molecule has 0 fully saturated rings. The van der Waals surface area contributed by atoms with E-state index in [0.717, 1.165) is 11.2 Å². The minimum absolute atomic E-state index is 1.01. The van der Waals surface area contributed by atoms with Crippen molar-refractivity contribution in [3.05, 3.63) is 182 Å². The third kappa shape index (κ3) is 3.56. The number of hydrogen-bond donors (Lipinski definition) is 0. The normalized spacial score (nSPS) is 12.7. The molecule has 15 aromatic rings. The monoisotopic (exact) mass is 746 g/mol. The van der Waals surface area contributed by atoms with Gasteiger partial charge in [-0.25, -0.2) is 4.98 Å². The standard InChI is InChI=1S/C55H30N4/c1-2-15-34(16-3-1)57-44-23-10-8-19-38(44)41-27-33(25-26-46(41)57)37-21-12-22-39-42-28-31-13-5-7-18-36(31)49-51-47(58(52(37)39)53(42)49)30-56-55-50(51)43-29-32-14-4-6-17-35(32)48-40-20-9-11-24-45(40)59(55)54(43)48/h1-30H. The second-order valence-corrected chi connectivity index (χ2v) is 16.3. The smallest absolute Gasteiger partial charge is 0.146 e. The van der Waals surface area contributed by atoms with Gasteiger partial charge in [0.05, 0.1) is 44.8 Å². The third-order valence-electron chi connectivity index (χ3n) is 13.5. The molecule has 0 atom stereocenters. The maximum atomic E-state index is 5.47. The zero-order valence-electron chi connectivity index (χ0n) is 31.6.